The smallest absolute Gasteiger partial charge is 0.175 e. The third-order valence-corrected chi connectivity index (χ3v) is 6.42. The number of hydrogen-bond acceptors (Lipinski definition) is 4. The zero-order chi connectivity index (χ0) is 30.3. The van der Waals surface area contributed by atoms with Crippen molar-refractivity contribution in [1.82, 2.24) is 5.01 Å². The van der Waals surface area contributed by atoms with E-state index in [1.165, 1.54) is 23.4 Å². The molecule has 0 amide bonds. The van der Waals surface area contributed by atoms with Crippen molar-refractivity contribution in [1.29, 1.82) is 0 Å². The monoisotopic (exact) mass is 565 g/mol. The SMILES string of the molecule is C=C1C=C(c2c(F)ccc(OCCC(F)(CF)C(C)(O)c3ccc(F)cc3)c2F)C=CN1/N=C(/N)C(C)C.CC. The van der Waals surface area contributed by atoms with Crippen LogP contribution in [0, 0.1) is 23.4 Å². The van der Waals surface area contributed by atoms with Crippen molar-refractivity contribution < 1.29 is 31.8 Å². The highest BCUT2D eigenvalue weighted by Crippen LogP contribution is 2.40. The summed E-state index contributed by atoms with van der Waals surface area (Å²) >= 11 is 0. The van der Waals surface area contributed by atoms with Crippen molar-refractivity contribution in [3.63, 3.8) is 0 Å². The summed E-state index contributed by atoms with van der Waals surface area (Å²) in [6.07, 6.45) is 3.61. The summed E-state index contributed by atoms with van der Waals surface area (Å²) in [6.45, 7) is 10.5. The van der Waals surface area contributed by atoms with E-state index in [-0.39, 0.29) is 17.1 Å². The van der Waals surface area contributed by atoms with Crippen molar-refractivity contribution >= 4 is 11.4 Å². The van der Waals surface area contributed by atoms with Crippen LogP contribution in [0.25, 0.3) is 5.57 Å². The number of rotatable bonds is 10. The van der Waals surface area contributed by atoms with Crippen LogP contribution in [0.15, 0.2) is 72.1 Å². The summed E-state index contributed by atoms with van der Waals surface area (Å²) in [5.74, 6) is -2.61. The van der Waals surface area contributed by atoms with Crippen LogP contribution in [0.1, 0.15) is 52.2 Å². The molecule has 1 aliphatic rings. The van der Waals surface area contributed by atoms with E-state index >= 15 is 8.78 Å². The van der Waals surface area contributed by atoms with E-state index in [1.54, 1.807) is 0 Å². The van der Waals surface area contributed by atoms with Gasteiger partial charge < -0.3 is 15.6 Å². The number of nitrogens with two attached hydrogens (primary N) is 1. The normalized spacial score (nSPS) is 16.6. The van der Waals surface area contributed by atoms with Crippen LogP contribution in [0.5, 0.6) is 5.75 Å². The molecule has 0 bridgehead atoms. The van der Waals surface area contributed by atoms with Gasteiger partial charge in [0.15, 0.2) is 17.2 Å². The minimum Gasteiger partial charge on any atom is -0.490 e. The van der Waals surface area contributed by atoms with Gasteiger partial charge in [-0.15, -0.1) is 0 Å². The number of halogens is 5. The van der Waals surface area contributed by atoms with Gasteiger partial charge in [-0.05, 0) is 54.5 Å². The molecule has 0 spiro atoms. The van der Waals surface area contributed by atoms with Crippen molar-refractivity contribution in [3.05, 3.63) is 95.6 Å². The van der Waals surface area contributed by atoms with Crippen LogP contribution >= 0.6 is 0 Å². The highest BCUT2D eigenvalue weighted by atomic mass is 19.2. The number of hydrazone groups is 1. The standard InChI is InChI=1S/C28H30F5N3O2.C2H6/c1-17(2)26(34)35-36-13-11-19(15-18(36)3)24-22(31)9-10-23(25(24)32)38-14-12-28(33,16-29)27(4,37)20-5-7-21(30)8-6-20;1-2/h5-11,13,15,17,37H,3,12,14,16H2,1-2,4H3,(H2,34,35);1-2H3. The molecule has 0 saturated carbocycles. The fourth-order valence-electron chi connectivity index (χ4n) is 3.74. The number of aliphatic hydroxyl groups is 1. The van der Waals surface area contributed by atoms with Gasteiger partial charge in [-0.3, -0.25) is 0 Å². The van der Waals surface area contributed by atoms with Crippen LogP contribution in [0.2, 0.25) is 0 Å². The Kier molecular flexibility index (Phi) is 11.1. The molecule has 218 valence electrons. The van der Waals surface area contributed by atoms with Crippen LogP contribution in [0.3, 0.4) is 0 Å². The molecule has 10 heteroatoms. The lowest BCUT2D eigenvalue weighted by atomic mass is 9.79. The summed E-state index contributed by atoms with van der Waals surface area (Å²) in [4.78, 5) is 0. The number of ether oxygens (including phenoxy) is 1. The average Bonchev–Trinajstić information content (AvgIpc) is 2.92. The topological polar surface area (TPSA) is 71.1 Å². The second-order valence-electron chi connectivity index (χ2n) is 9.44. The van der Waals surface area contributed by atoms with Gasteiger partial charge in [0, 0.05) is 18.5 Å². The highest BCUT2D eigenvalue weighted by Gasteiger charge is 2.49. The second kappa shape index (κ2) is 13.6. The molecule has 3 N–H and O–H groups in total. The van der Waals surface area contributed by atoms with Gasteiger partial charge in [0.1, 0.15) is 29.7 Å². The first-order chi connectivity index (χ1) is 18.8. The largest absolute Gasteiger partial charge is 0.490 e. The van der Waals surface area contributed by atoms with Gasteiger partial charge in [0.05, 0.1) is 17.9 Å². The van der Waals surface area contributed by atoms with Crippen LogP contribution in [-0.2, 0) is 5.60 Å². The molecule has 2 aromatic rings. The molecule has 2 unspecified atom stereocenters. The van der Waals surface area contributed by atoms with Crippen molar-refractivity contribution in [2.45, 2.75) is 52.3 Å². The predicted molar refractivity (Wildman–Crippen MR) is 148 cm³/mol. The number of benzene rings is 2. The van der Waals surface area contributed by atoms with Crippen molar-refractivity contribution in [2.75, 3.05) is 13.3 Å². The second-order valence-corrected chi connectivity index (χ2v) is 9.44. The summed E-state index contributed by atoms with van der Waals surface area (Å²) in [7, 11) is 0. The Hall–Kier alpha value is -3.66. The molecule has 2 atom stereocenters. The minimum absolute atomic E-state index is 0.0230. The van der Waals surface area contributed by atoms with Gasteiger partial charge in [0.25, 0.3) is 0 Å². The van der Waals surface area contributed by atoms with E-state index in [4.69, 9.17) is 10.5 Å². The average molecular weight is 566 g/mol. The Balaban J connectivity index is 0.00000274. The van der Waals surface area contributed by atoms with E-state index in [1.807, 2.05) is 27.7 Å². The molecule has 5 nitrogen and oxygen atoms in total. The number of hydrogen-bond donors (Lipinski definition) is 2. The zero-order valence-electron chi connectivity index (χ0n) is 23.3. The number of nitrogens with zero attached hydrogens (tertiary/aromatic N) is 2. The van der Waals surface area contributed by atoms with E-state index in [0.29, 0.717) is 11.5 Å². The van der Waals surface area contributed by atoms with E-state index in [0.717, 1.165) is 43.3 Å². The maximum Gasteiger partial charge on any atom is 0.175 e. The first-order valence-corrected chi connectivity index (χ1v) is 12.9. The molecule has 0 aromatic heterocycles. The Morgan fingerprint density at radius 1 is 1.12 bits per heavy atom. The highest BCUT2D eigenvalue weighted by molar-refractivity contribution is 5.83. The number of alkyl halides is 2. The molecule has 1 aliphatic heterocycles. The number of amidine groups is 1. The first-order valence-electron chi connectivity index (χ1n) is 12.9. The summed E-state index contributed by atoms with van der Waals surface area (Å²) in [6, 6.07) is 6.34. The first kappa shape index (κ1) is 32.6. The van der Waals surface area contributed by atoms with Gasteiger partial charge in [-0.1, -0.05) is 46.4 Å². The maximum atomic E-state index is 15.5. The Bertz CT molecular complexity index is 1270. The summed E-state index contributed by atoms with van der Waals surface area (Å²) in [5.41, 5.74) is 0.706. The third-order valence-electron chi connectivity index (χ3n) is 6.42. The maximum absolute atomic E-state index is 15.5. The van der Waals surface area contributed by atoms with E-state index in [9.17, 15) is 18.3 Å². The van der Waals surface area contributed by atoms with Crippen LogP contribution in [0.4, 0.5) is 22.0 Å². The summed E-state index contributed by atoms with van der Waals surface area (Å²) in [5, 5.41) is 16.3. The molecule has 0 radical (unpaired) electrons. The van der Waals surface area contributed by atoms with Gasteiger partial charge in [-0.25, -0.2) is 27.0 Å². The van der Waals surface area contributed by atoms with E-state index < -0.39 is 59.7 Å². The lowest BCUT2D eigenvalue weighted by Gasteiger charge is -2.37. The molecular weight excluding hydrogens is 529 g/mol. The predicted octanol–water partition coefficient (Wildman–Crippen LogP) is 7.14. The fraction of sp³-hybridized carbons (Fsp3) is 0.367. The minimum atomic E-state index is -2.83. The molecule has 0 aliphatic carbocycles. The van der Waals surface area contributed by atoms with Crippen molar-refractivity contribution in [3.8, 4) is 5.75 Å². The lowest BCUT2D eigenvalue weighted by molar-refractivity contribution is -0.116. The Labute approximate surface area is 232 Å². The van der Waals surface area contributed by atoms with Crippen molar-refractivity contribution in [2.24, 2.45) is 16.8 Å². The quantitative estimate of drug-likeness (QED) is 0.183. The van der Waals surface area contributed by atoms with Gasteiger partial charge in [0.2, 0.25) is 0 Å². The van der Waals surface area contributed by atoms with Gasteiger partial charge in [-0.2, -0.15) is 5.10 Å². The fourth-order valence-corrected chi connectivity index (χ4v) is 3.74. The van der Waals surface area contributed by atoms with Crippen LogP contribution in [-0.4, -0.2) is 34.9 Å². The third kappa shape index (κ3) is 7.10. The molecule has 40 heavy (non-hydrogen) atoms. The molecule has 1 heterocycles. The molecule has 0 fully saturated rings. The molecule has 3 rings (SSSR count). The molecule has 2 aromatic carbocycles. The Morgan fingerprint density at radius 2 is 1.75 bits per heavy atom. The lowest BCUT2D eigenvalue weighted by Crippen LogP contribution is -2.49. The van der Waals surface area contributed by atoms with Gasteiger partial charge >= 0.3 is 0 Å². The summed E-state index contributed by atoms with van der Waals surface area (Å²) < 4.78 is 77.9. The van der Waals surface area contributed by atoms with E-state index in [2.05, 4.69) is 11.7 Å². The molecule has 0 saturated heterocycles. The number of allylic oxidation sites excluding steroid dienone is 3. The molecular formula is C30H36F5N3O2. The van der Waals surface area contributed by atoms with Crippen LogP contribution < -0.4 is 10.5 Å². The zero-order valence-corrected chi connectivity index (χ0v) is 23.3. The Morgan fingerprint density at radius 3 is 2.30 bits per heavy atom.